The topological polar surface area (TPSA) is 57.0 Å². The minimum atomic E-state index is -0.601. The quantitative estimate of drug-likeness (QED) is 0.549. The highest BCUT2D eigenvalue weighted by Gasteiger charge is 2.23. The number of carbonyl (C=O) groups is 2. The molecule has 1 aliphatic heterocycles. The van der Waals surface area contributed by atoms with Crippen LogP contribution in [0.15, 0.2) is 48.7 Å². The van der Waals surface area contributed by atoms with Crippen LogP contribution >= 0.6 is 0 Å². The van der Waals surface area contributed by atoms with Crippen LogP contribution in [0.2, 0.25) is 0 Å². The lowest BCUT2D eigenvalue weighted by Crippen LogP contribution is -2.08. The largest absolute Gasteiger partial charge is 0.466 e. The van der Waals surface area contributed by atoms with Crippen LogP contribution in [-0.2, 0) is 19.1 Å². The molecule has 0 radical (unpaired) electrons. The number of rotatable bonds is 3. The van der Waals surface area contributed by atoms with Gasteiger partial charge < -0.3 is 13.9 Å². The average molecular weight is 323 g/mol. The first-order valence-electron chi connectivity index (χ1n) is 7.44. The Labute approximate surface area is 139 Å². The van der Waals surface area contributed by atoms with E-state index in [4.69, 9.17) is 4.74 Å². The molecule has 0 N–H and O–H groups in total. The number of fused-ring (bicyclic) bond motifs is 3. The van der Waals surface area contributed by atoms with Gasteiger partial charge in [-0.25, -0.2) is 9.59 Å². The van der Waals surface area contributed by atoms with Gasteiger partial charge in [0.15, 0.2) is 0 Å². The summed E-state index contributed by atoms with van der Waals surface area (Å²) in [4.78, 5) is 23.8. The van der Waals surface area contributed by atoms with Crippen LogP contribution in [0.1, 0.15) is 11.1 Å². The Balaban J connectivity index is 2.27. The summed E-state index contributed by atoms with van der Waals surface area (Å²) in [6, 6.07) is 11.7. The fourth-order valence-electron chi connectivity index (χ4n) is 2.93. The molecular formula is C19H17NO4. The lowest BCUT2D eigenvalue weighted by atomic mass is 9.98. The number of methoxy groups -OCH3 is 2. The zero-order chi connectivity index (χ0) is 17.3. The molecule has 2 aliphatic rings. The number of aryl methyl sites for hydroxylation is 1. The lowest BCUT2D eigenvalue weighted by Gasteiger charge is -2.14. The molecule has 0 bridgehead atoms. The van der Waals surface area contributed by atoms with Gasteiger partial charge in [-0.3, -0.25) is 0 Å². The van der Waals surface area contributed by atoms with Crippen molar-refractivity contribution in [2.45, 2.75) is 6.92 Å². The number of nitrogens with zero attached hydrogens (tertiary/aromatic N) is 1. The van der Waals surface area contributed by atoms with Crippen molar-refractivity contribution in [3.05, 3.63) is 59.8 Å². The van der Waals surface area contributed by atoms with Crippen LogP contribution in [-0.4, -0.2) is 30.6 Å². The summed E-state index contributed by atoms with van der Waals surface area (Å²) in [6.45, 7) is 1.98. The van der Waals surface area contributed by atoms with Crippen LogP contribution in [0, 0.1) is 6.92 Å². The smallest absolute Gasteiger partial charge is 0.338 e. The van der Waals surface area contributed by atoms with Crippen LogP contribution in [0.25, 0.3) is 22.3 Å². The third-order valence-corrected chi connectivity index (χ3v) is 4.00. The van der Waals surface area contributed by atoms with Gasteiger partial charge in [-0.1, -0.05) is 12.1 Å². The van der Waals surface area contributed by atoms with Gasteiger partial charge in [-0.15, -0.1) is 0 Å². The van der Waals surface area contributed by atoms with Gasteiger partial charge in [0.25, 0.3) is 0 Å². The predicted molar refractivity (Wildman–Crippen MR) is 90.8 cm³/mol. The van der Waals surface area contributed by atoms with E-state index in [2.05, 4.69) is 4.74 Å². The molecule has 2 heterocycles. The van der Waals surface area contributed by atoms with Gasteiger partial charge in [0.1, 0.15) is 0 Å². The highest BCUT2D eigenvalue weighted by molar-refractivity contribution is 6.22. The Morgan fingerprint density at radius 3 is 2.58 bits per heavy atom. The lowest BCUT2D eigenvalue weighted by molar-refractivity contribution is -0.136. The third kappa shape index (κ3) is 2.54. The summed E-state index contributed by atoms with van der Waals surface area (Å²) in [5, 5.41) is 0. The van der Waals surface area contributed by atoms with Crippen LogP contribution in [0.5, 0.6) is 0 Å². The van der Waals surface area contributed by atoms with E-state index in [1.807, 2.05) is 53.9 Å². The first-order valence-corrected chi connectivity index (χ1v) is 7.44. The van der Waals surface area contributed by atoms with Gasteiger partial charge in [-0.2, -0.15) is 0 Å². The normalized spacial score (nSPS) is 11.7. The zero-order valence-corrected chi connectivity index (χ0v) is 13.7. The number of hydrogen-bond donors (Lipinski definition) is 0. The number of ether oxygens (including phenoxy) is 2. The Bertz CT molecular complexity index is 936. The molecule has 0 aromatic carbocycles. The average Bonchev–Trinajstić information content (AvgIpc) is 3.04. The van der Waals surface area contributed by atoms with Crippen molar-refractivity contribution in [3.63, 3.8) is 0 Å². The monoisotopic (exact) mass is 323 g/mol. The highest BCUT2D eigenvalue weighted by atomic mass is 16.5. The Morgan fingerprint density at radius 1 is 1.08 bits per heavy atom. The molecule has 1 aromatic rings. The maximum atomic E-state index is 12.2. The van der Waals surface area contributed by atoms with Crippen molar-refractivity contribution in [1.29, 1.82) is 0 Å². The fourth-order valence-corrected chi connectivity index (χ4v) is 2.93. The van der Waals surface area contributed by atoms with Gasteiger partial charge in [0.05, 0.1) is 25.5 Å². The van der Waals surface area contributed by atoms with E-state index in [0.717, 1.165) is 22.3 Å². The SMILES string of the molecule is COC(=O)/C=C(\C(=O)OC)c1ccc2n3ccccc3cc(C)c1-2. The molecule has 0 unspecified atom stereocenters. The van der Waals surface area contributed by atoms with Crippen molar-refractivity contribution >= 4 is 23.0 Å². The fraction of sp³-hybridized carbons (Fsp3) is 0.158. The van der Waals surface area contributed by atoms with Crippen molar-refractivity contribution in [3.8, 4) is 11.3 Å². The van der Waals surface area contributed by atoms with Gasteiger partial charge in [0.2, 0.25) is 0 Å². The summed E-state index contributed by atoms with van der Waals surface area (Å²) < 4.78 is 11.5. The number of carbonyl (C=O) groups excluding carboxylic acids is 2. The van der Waals surface area contributed by atoms with E-state index < -0.39 is 11.9 Å². The predicted octanol–water partition coefficient (Wildman–Crippen LogP) is 3.08. The first kappa shape index (κ1) is 15.8. The minimum Gasteiger partial charge on any atom is -0.466 e. The molecule has 0 saturated heterocycles. The molecule has 5 heteroatoms. The van der Waals surface area contributed by atoms with Crippen molar-refractivity contribution in [1.82, 2.24) is 4.40 Å². The number of esters is 2. The van der Waals surface area contributed by atoms with Crippen molar-refractivity contribution in [2.75, 3.05) is 14.2 Å². The number of aromatic nitrogens is 1. The van der Waals surface area contributed by atoms with E-state index in [1.165, 1.54) is 20.3 Å². The second-order valence-electron chi connectivity index (χ2n) is 5.40. The molecule has 3 rings (SSSR count). The first-order chi connectivity index (χ1) is 11.6. The number of hydrogen-bond acceptors (Lipinski definition) is 4. The van der Waals surface area contributed by atoms with Gasteiger partial charge in [-0.05, 0) is 42.3 Å². The zero-order valence-electron chi connectivity index (χ0n) is 13.7. The Hall–Kier alpha value is -3.08. The third-order valence-electron chi connectivity index (χ3n) is 4.00. The molecule has 122 valence electrons. The molecule has 24 heavy (non-hydrogen) atoms. The standard InChI is InChI=1S/C19H17NO4/c1-12-10-13-6-4-5-9-20(13)16-8-7-14(18(12)16)15(19(22)24-3)11-17(21)23-2/h4-11H,1-3H3/b15-11-. The van der Waals surface area contributed by atoms with Crippen LogP contribution < -0.4 is 0 Å². The second-order valence-corrected chi connectivity index (χ2v) is 5.40. The van der Waals surface area contributed by atoms with E-state index in [0.29, 0.717) is 5.56 Å². The molecule has 0 fully saturated rings. The van der Waals surface area contributed by atoms with Gasteiger partial charge >= 0.3 is 11.9 Å². The second kappa shape index (κ2) is 6.20. The molecule has 1 aromatic heterocycles. The summed E-state index contributed by atoms with van der Waals surface area (Å²) in [7, 11) is 2.56. The van der Waals surface area contributed by atoms with Crippen molar-refractivity contribution in [2.24, 2.45) is 0 Å². The highest BCUT2D eigenvalue weighted by Crippen LogP contribution is 2.36. The Kier molecular flexibility index (Phi) is 4.08. The molecule has 0 atom stereocenters. The van der Waals surface area contributed by atoms with Crippen LogP contribution in [0.3, 0.4) is 0 Å². The summed E-state index contributed by atoms with van der Waals surface area (Å²) in [5.74, 6) is -1.18. The molecular weight excluding hydrogens is 306 g/mol. The molecule has 5 nitrogen and oxygen atoms in total. The van der Waals surface area contributed by atoms with E-state index >= 15 is 0 Å². The molecule has 0 spiro atoms. The van der Waals surface area contributed by atoms with E-state index in [-0.39, 0.29) is 5.57 Å². The maximum absolute atomic E-state index is 12.2. The Morgan fingerprint density at radius 2 is 1.88 bits per heavy atom. The van der Waals surface area contributed by atoms with Crippen LogP contribution in [0.4, 0.5) is 0 Å². The van der Waals surface area contributed by atoms with Crippen molar-refractivity contribution < 1.29 is 19.1 Å². The summed E-state index contributed by atoms with van der Waals surface area (Å²) >= 11 is 0. The van der Waals surface area contributed by atoms with E-state index in [9.17, 15) is 9.59 Å². The van der Waals surface area contributed by atoms with E-state index in [1.54, 1.807) is 0 Å². The molecule has 0 amide bonds. The molecule has 1 aliphatic carbocycles. The number of pyridine rings is 2. The molecule has 0 saturated carbocycles. The van der Waals surface area contributed by atoms with Gasteiger partial charge in [0, 0.05) is 23.4 Å². The summed E-state index contributed by atoms with van der Waals surface area (Å²) in [6.07, 6.45) is 3.13. The summed E-state index contributed by atoms with van der Waals surface area (Å²) in [5.41, 5.74) is 4.75. The minimum absolute atomic E-state index is 0.179. The maximum Gasteiger partial charge on any atom is 0.338 e.